The minimum atomic E-state index is 0.0757. The molecule has 0 unspecified atom stereocenters. The van der Waals surface area contributed by atoms with Crippen LogP contribution in [0.5, 0.6) is 0 Å². The zero-order valence-electron chi connectivity index (χ0n) is 11.6. The fourth-order valence-electron chi connectivity index (χ4n) is 2.49. The number of rotatable bonds is 5. The topological polar surface area (TPSA) is 22.0 Å². The van der Waals surface area contributed by atoms with E-state index in [1.165, 1.54) is 0 Å². The number of thiol groups is 1. The van der Waals surface area contributed by atoms with Gasteiger partial charge >= 0.3 is 0 Å². The van der Waals surface area contributed by atoms with Gasteiger partial charge in [0, 0.05) is 12.6 Å². The Kier molecular flexibility index (Phi) is 4.35. The van der Waals surface area contributed by atoms with Crippen LogP contribution in [-0.4, -0.2) is 10.3 Å². The highest BCUT2D eigenvalue weighted by atomic mass is 32.1. The summed E-state index contributed by atoms with van der Waals surface area (Å²) in [6.07, 6.45) is 2.06. The quantitative estimate of drug-likeness (QED) is 0.825. The Morgan fingerprint density at radius 1 is 1.11 bits per heavy atom. The van der Waals surface area contributed by atoms with Crippen LogP contribution in [0.15, 0.2) is 41.2 Å². The lowest BCUT2D eigenvalue weighted by Crippen LogP contribution is -2.33. The monoisotopic (exact) mass is 275 g/mol. The zero-order chi connectivity index (χ0) is 13.9. The number of hydrogen-bond donors (Lipinski definition) is 1. The van der Waals surface area contributed by atoms with Gasteiger partial charge in [-0.3, -0.25) is 4.79 Å². The molecule has 0 radical (unpaired) electrons. The van der Waals surface area contributed by atoms with Crippen molar-refractivity contribution in [2.75, 3.05) is 5.75 Å². The van der Waals surface area contributed by atoms with Gasteiger partial charge in [-0.05, 0) is 41.5 Å². The Bertz CT molecular complexity index is 605. The maximum atomic E-state index is 12.2. The molecule has 0 spiro atoms. The van der Waals surface area contributed by atoms with Crippen molar-refractivity contribution >= 4 is 23.5 Å². The molecule has 0 aliphatic heterocycles. The number of aromatic nitrogens is 1. The van der Waals surface area contributed by atoms with Gasteiger partial charge in [-0.2, -0.15) is 12.6 Å². The molecule has 3 heteroatoms. The third-order valence-electron chi connectivity index (χ3n) is 4.23. The second-order valence-corrected chi connectivity index (χ2v) is 5.50. The van der Waals surface area contributed by atoms with Crippen LogP contribution in [0.25, 0.3) is 10.9 Å². The summed E-state index contributed by atoms with van der Waals surface area (Å²) in [5, 5.41) is 1.11. The number of hydrogen-bond acceptors (Lipinski definition) is 2. The van der Waals surface area contributed by atoms with Gasteiger partial charge in [-0.15, -0.1) is 0 Å². The third-order valence-corrected chi connectivity index (χ3v) is 4.90. The largest absolute Gasteiger partial charge is 0.308 e. The predicted octanol–water partition coefficient (Wildman–Crippen LogP) is 3.74. The summed E-state index contributed by atoms with van der Waals surface area (Å²) in [6.45, 7) is 5.09. The first kappa shape index (κ1) is 14.2. The fourth-order valence-corrected chi connectivity index (χ4v) is 3.04. The Balaban J connectivity index is 2.56. The van der Waals surface area contributed by atoms with E-state index in [2.05, 4.69) is 26.5 Å². The molecule has 0 N–H and O–H groups in total. The zero-order valence-corrected chi connectivity index (χ0v) is 12.5. The average Bonchev–Trinajstić information content (AvgIpc) is 2.47. The molecular weight excluding hydrogens is 254 g/mol. The van der Waals surface area contributed by atoms with E-state index < -0.39 is 0 Å². The van der Waals surface area contributed by atoms with Gasteiger partial charge in [0.1, 0.15) is 0 Å². The Labute approximate surface area is 119 Å². The average molecular weight is 275 g/mol. The smallest absolute Gasteiger partial charge is 0.251 e. The minimum Gasteiger partial charge on any atom is -0.308 e. The molecule has 1 aromatic carbocycles. The molecule has 0 fully saturated rings. The molecule has 0 aliphatic rings. The standard InChI is InChI=1S/C16H21NOS/c1-3-16(4-2,12-19)11-17-14-8-6-5-7-13(14)9-10-15(17)18/h5-10,19H,3-4,11-12H2,1-2H3. The molecule has 0 aliphatic carbocycles. The normalized spacial score (nSPS) is 11.9. The van der Waals surface area contributed by atoms with Crippen molar-refractivity contribution in [3.63, 3.8) is 0 Å². The Morgan fingerprint density at radius 3 is 2.42 bits per heavy atom. The molecule has 0 saturated carbocycles. The Morgan fingerprint density at radius 2 is 1.79 bits per heavy atom. The van der Waals surface area contributed by atoms with Gasteiger partial charge in [0.25, 0.3) is 5.56 Å². The van der Waals surface area contributed by atoms with Gasteiger partial charge in [-0.1, -0.05) is 32.0 Å². The van der Waals surface area contributed by atoms with Crippen molar-refractivity contribution in [3.05, 3.63) is 46.8 Å². The highest BCUT2D eigenvalue weighted by Crippen LogP contribution is 2.30. The molecule has 2 nitrogen and oxygen atoms in total. The number of nitrogens with zero attached hydrogens (tertiary/aromatic N) is 1. The lowest BCUT2D eigenvalue weighted by Gasteiger charge is -2.31. The van der Waals surface area contributed by atoms with E-state index in [0.717, 1.165) is 36.0 Å². The predicted molar refractivity (Wildman–Crippen MR) is 85.1 cm³/mol. The number of para-hydroxylation sites is 1. The molecular formula is C16H21NOS. The summed E-state index contributed by atoms with van der Waals surface area (Å²) < 4.78 is 1.90. The highest BCUT2D eigenvalue weighted by molar-refractivity contribution is 7.80. The van der Waals surface area contributed by atoms with Crippen LogP contribution in [0, 0.1) is 5.41 Å². The molecule has 0 atom stereocenters. The van der Waals surface area contributed by atoms with Gasteiger partial charge in [0.05, 0.1) is 5.52 Å². The van der Waals surface area contributed by atoms with Crippen molar-refractivity contribution in [1.29, 1.82) is 0 Å². The van der Waals surface area contributed by atoms with Gasteiger partial charge < -0.3 is 4.57 Å². The molecule has 19 heavy (non-hydrogen) atoms. The number of fused-ring (bicyclic) bond motifs is 1. The molecule has 0 bridgehead atoms. The summed E-state index contributed by atoms with van der Waals surface area (Å²) in [5.74, 6) is 0.801. The van der Waals surface area contributed by atoms with Crippen LogP contribution in [0.2, 0.25) is 0 Å². The highest BCUT2D eigenvalue weighted by Gasteiger charge is 2.26. The summed E-state index contributed by atoms with van der Waals surface area (Å²) >= 11 is 4.50. The van der Waals surface area contributed by atoms with E-state index in [1.807, 2.05) is 34.9 Å². The molecule has 0 saturated heterocycles. The summed E-state index contributed by atoms with van der Waals surface area (Å²) in [6, 6.07) is 11.6. The summed E-state index contributed by atoms with van der Waals surface area (Å²) in [7, 11) is 0. The summed E-state index contributed by atoms with van der Waals surface area (Å²) in [4.78, 5) is 12.2. The first-order valence-electron chi connectivity index (χ1n) is 6.85. The maximum absolute atomic E-state index is 12.2. The van der Waals surface area contributed by atoms with E-state index in [4.69, 9.17) is 0 Å². The third kappa shape index (κ3) is 2.71. The van der Waals surface area contributed by atoms with Crippen LogP contribution in [0.3, 0.4) is 0 Å². The molecule has 1 aromatic heterocycles. The first-order chi connectivity index (χ1) is 9.15. The van der Waals surface area contributed by atoms with Gasteiger partial charge in [-0.25, -0.2) is 0 Å². The lowest BCUT2D eigenvalue weighted by atomic mass is 9.84. The summed E-state index contributed by atoms with van der Waals surface area (Å²) in [5.41, 5.74) is 1.19. The van der Waals surface area contributed by atoms with Crippen LogP contribution >= 0.6 is 12.6 Å². The van der Waals surface area contributed by atoms with Crippen molar-refractivity contribution in [2.24, 2.45) is 5.41 Å². The number of benzene rings is 1. The second kappa shape index (κ2) is 5.83. The van der Waals surface area contributed by atoms with Crippen LogP contribution < -0.4 is 5.56 Å². The number of pyridine rings is 1. The van der Waals surface area contributed by atoms with Crippen molar-refractivity contribution in [2.45, 2.75) is 33.2 Å². The molecule has 2 rings (SSSR count). The second-order valence-electron chi connectivity index (χ2n) is 5.18. The van der Waals surface area contributed by atoms with E-state index >= 15 is 0 Å². The van der Waals surface area contributed by atoms with Gasteiger partial charge in [0.15, 0.2) is 0 Å². The fraction of sp³-hybridized carbons (Fsp3) is 0.438. The lowest BCUT2D eigenvalue weighted by molar-refractivity contribution is 0.259. The van der Waals surface area contributed by atoms with Crippen molar-refractivity contribution in [3.8, 4) is 0 Å². The van der Waals surface area contributed by atoms with Crippen molar-refractivity contribution < 1.29 is 0 Å². The Hall–Kier alpha value is -1.22. The minimum absolute atomic E-state index is 0.0757. The van der Waals surface area contributed by atoms with E-state index in [-0.39, 0.29) is 11.0 Å². The molecule has 102 valence electrons. The van der Waals surface area contributed by atoms with Crippen LogP contribution in [-0.2, 0) is 6.54 Å². The van der Waals surface area contributed by atoms with E-state index in [9.17, 15) is 4.79 Å². The SMILES string of the molecule is CCC(CC)(CS)Cn1c(=O)ccc2ccccc21. The van der Waals surface area contributed by atoms with E-state index in [0.29, 0.717) is 0 Å². The first-order valence-corrected chi connectivity index (χ1v) is 7.48. The van der Waals surface area contributed by atoms with E-state index in [1.54, 1.807) is 6.07 Å². The van der Waals surface area contributed by atoms with Crippen LogP contribution in [0.4, 0.5) is 0 Å². The molecule has 2 aromatic rings. The van der Waals surface area contributed by atoms with Crippen molar-refractivity contribution in [1.82, 2.24) is 4.57 Å². The van der Waals surface area contributed by atoms with Crippen LogP contribution in [0.1, 0.15) is 26.7 Å². The maximum Gasteiger partial charge on any atom is 0.251 e. The van der Waals surface area contributed by atoms with Gasteiger partial charge in [0.2, 0.25) is 0 Å². The molecule has 1 heterocycles. The molecule has 0 amide bonds.